The monoisotopic (exact) mass is 499 g/mol. The molecule has 1 aliphatic heterocycles. The van der Waals surface area contributed by atoms with E-state index < -0.39 is 10.0 Å². The van der Waals surface area contributed by atoms with Crippen LogP contribution >= 0.6 is 11.3 Å². The number of nitrogens with zero attached hydrogens (tertiary/aromatic N) is 3. The Kier molecular flexibility index (Phi) is 7.80. The maximum absolute atomic E-state index is 13.5. The number of carbonyl (C=O) groups excluding carboxylic acids is 1. The standard InChI is InChI=1S/C25H29N3O4S2/c1-26(2)34(30,31)24-11-7-21(8-12-24)25(29)28(19-23-4-3-17-33-23)22-9-5-20(6-10-22)18-27-13-15-32-16-14-27/h3-12,17H,13-16,18-19H2,1-2H3. The fourth-order valence-electron chi connectivity index (χ4n) is 3.77. The van der Waals surface area contributed by atoms with E-state index in [1.54, 1.807) is 28.4 Å². The quantitative estimate of drug-likeness (QED) is 0.473. The Morgan fingerprint density at radius 1 is 1.00 bits per heavy atom. The molecule has 1 aliphatic rings. The Bertz CT molecular complexity index is 1190. The van der Waals surface area contributed by atoms with Crippen LogP contribution in [0.1, 0.15) is 20.8 Å². The second-order valence-corrected chi connectivity index (χ2v) is 11.5. The molecule has 2 heterocycles. The highest BCUT2D eigenvalue weighted by molar-refractivity contribution is 7.89. The zero-order chi connectivity index (χ0) is 24.1. The lowest BCUT2D eigenvalue weighted by molar-refractivity contribution is 0.0342. The zero-order valence-electron chi connectivity index (χ0n) is 19.4. The van der Waals surface area contributed by atoms with Gasteiger partial charge >= 0.3 is 0 Å². The van der Waals surface area contributed by atoms with Crippen molar-refractivity contribution in [3.8, 4) is 0 Å². The van der Waals surface area contributed by atoms with Crippen LogP contribution in [-0.4, -0.2) is 63.9 Å². The molecule has 0 bridgehead atoms. The van der Waals surface area contributed by atoms with Crippen LogP contribution in [0.4, 0.5) is 5.69 Å². The molecule has 7 nitrogen and oxygen atoms in total. The van der Waals surface area contributed by atoms with Gasteiger partial charge in [0, 0.05) is 49.9 Å². The number of ether oxygens (including phenoxy) is 1. The van der Waals surface area contributed by atoms with E-state index in [4.69, 9.17) is 4.74 Å². The maximum Gasteiger partial charge on any atom is 0.258 e. The smallest absolute Gasteiger partial charge is 0.258 e. The van der Waals surface area contributed by atoms with Crippen LogP contribution < -0.4 is 4.90 Å². The number of sulfonamides is 1. The average Bonchev–Trinajstić information content (AvgIpc) is 3.37. The van der Waals surface area contributed by atoms with Gasteiger partial charge in [-0.15, -0.1) is 11.3 Å². The van der Waals surface area contributed by atoms with Crippen molar-refractivity contribution >= 4 is 33.0 Å². The van der Waals surface area contributed by atoms with Gasteiger partial charge in [-0.3, -0.25) is 9.69 Å². The van der Waals surface area contributed by atoms with E-state index in [2.05, 4.69) is 17.0 Å². The minimum atomic E-state index is -3.55. The fraction of sp³-hybridized carbons (Fsp3) is 0.320. The summed E-state index contributed by atoms with van der Waals surface area (Å²) < 4.78 is 31.3. The van der Waals surface area contributed by atoms with Gasteiger partial charge in [-0.05, 0) is 53.4 Å². The summed E-state index contributed by atoms with van der Waals surface area (Å²) in [7, 11) is -0.580. The molecule has 0 saturated carbocycles. The van der Waals surface area contributed by atoms with Crippen molar-refractivity contribution in [2.24, 2.45) is 0 Å². The van der Waals surface area contributed by atoms with Crippen molar-refractivity contribution in [2.45, 2.75) is 18.0 Å². The summed E-state index contributed by atoms with van der Waals surface area (Å²) >= 11 is 1.60. The molecule has 1 amide bonds. The van der Waals surface area contributed by atoms with E-state index in [0.29, 0.717) is 12.1 Å². The Morgan fingerprint density at radius 2 is 1.68 bits per heavy atom. The van der Waals surface area contributed by atoms with Crippen molar-refractivity contribution in [3.63, 3.8) is 0 Å². The lowest BCUT2D eigenvalue weighted by atomic mass is 10.1. The zero-order valence-corrected chi connectivity index (χ0v) is 21.0. The number of hydrogen-bond acceptors (Lipinski definition) is 6. The van der Waals surface area contributed by atoms with Gasteiger partial charge in [-0.1, -0.05) is 18.2 Å². The molecule has 0 N–H and O–H groups in total. The van der Waals surface area contributed by atoms with Gasteiger partial charge in [0.05, 0.1) is 24.7 Å². The molecule has 4 rings (SSSR count). The molecule has 34 heavy (non-hydrogen) atoms. The average molecular weight is 500 g/mol. The van der Waals surface area contributed by atoms with Gasteiger partial charge in [0.25, 0.3) is 5.91 Å². The number of benzene rings is 2. The highest BCUT2D eigenvalue weighted by atomic mass is 32.2. The number of anilines is 1. The van der Waals surface area contributed by atoms with E-state index in [1.807, 2.05) is 29.6 Å². The van der Waals surface area contributed by atoms with Crippen molar-refractivity contribution in [1.82, 2.24) is 9.21 Å². The predicted octanol–water partition coefficient (Wildman–Crippen LogP) is 3.68. The molecular weight excluding hydrogens is 470 g/mol. The first kappa shape index (κ1) is 24.6. The van der Waals surface area contributed by atoms with E-state index in [-0.39, 0.29) is 10.8 Å². The minimum Gasteiger partial charge on any atom is -0.379 e. The van der Waals surface area contributed by atoms with Gasteiger partial charge in [-0.2, -0.15) is 0 Å². The van der Waals surface area contributed by atoms with Gasteiger partial charge in [0.2, 0.25) is 10.0 Å². The van der Waals surface area contributed by atoms with Crippen LogP contribution in [0.15, 0.2) is 70.9 Å². The number of rotatable bonds is 8. The number of carbonyl (C=O) groups is 1. The Morgan fingerprint density at radius 3 is 2.26 bits per heavy atom. The molecule has 9 heteroatoms. The molecule has 3 aromatic rings. The topological polar surface area (TPSA) is 70.2 Å². The number of hydrogen-bond donors (Lipinski definition) is 0. The molecule has 2 aromatic carbocycles. The SMILES string of the molecule is CN(C)S(=O)(=O)c1ccc(C(=O)N(Cc2cccs2)c2ccc(CN3CCOCC3)cc2)cc1. The van der Waals surface area contributed by atoms with Crippen molar-refractivity contribution in [3.05, 3.63) is 82.0 Å². The van der Waals surface area contributed by atoms with Gasteiger partial charge in [-0.25, -0.2) is 12.7 Å². The molecule has 1 fully saturated rings. The Balaban J connectivity index is 1.56. The van der Waals surface area contributed by atoms with E-state index in [1.165, 1.54) is 31.8 Å². The molecule has 1 saturated heterocycles. The third-order valence-corrected chi connectivity index (χ3v) is 8.47. The lowest BCUT2D eigenvalue weighted by Crippen LogP contribution is -2.35. The summed E-state index contributed by atoms with van der Waals surface area (Å²) in [6.07, 6.45) is 0. The van der Waals surface area contributed by atoms with Crippen LogP contribution in [0.3, 0.4) is 0 Å². The molecule has 1 aromatic heterocycles. The molecule has 0 aliphatic carbocycles. The fourth-order valence-corrected chi connectivity index (χ4v) is 5.37. The number of amides is 1. The third kappa shape index (κ3) is 5.73. The lowest BCUT2D eigenvalue weighted by Gasteiger charge is -2.27. The van der Waals surface area contributed by atoms with Crippen molar-refractivity contribution in [1.29, 1.82) is 0 Å². The van der Waals surface area contributed by atoms with Crippen molar-refractivity contribution in [2.75, 3.05) is 45.3 Å². The highest BCUT2D eigenvalue weighted by Gasteiger charge is 2.22. The summed E-state index contributed by atoms with van der Waals surface area (Å²) in [4.78, 5) is 18.8. The van der Waals surface area contributed by atoms with Gasteiger partial charge < -0.3 is 9.64 Å². The molecule has 180 valence electrons. The first-order chi connectivity index (χ1) is 16.3. The molecule has 0 atom stereocenters. The molecule has 0 unspecified atom stereocenters. The highest BCUT2D eigenvalue weighted by Crippen LogP contribution is 2.24. The molecular formula is C25H29N3O4S2. The van der Waals surface area contributed by atoms with Crippen LogP contribution in [0.25, 0.3) is 0 Å². The summed E-state index contributed by atoms with van der Waals surface area (Å²) in [5.74, 6) is -0.178. The third-order valence-electron chi connectivity index (χ3n) is 5.78. The normalized spacial score (nSPS) is 14.9. The van der Waals surface area contributed by atoms with Crippen LogP contribution in [0.5, 0.6) is 0 Å². The summed E-state index contributed by atoms with van der Waals surface area (Å²) in [6.45, 7) is 4.65. The van der Waals surface area contributed by atoms with Gasteiger partial charge in [0.1, 0.15) is 0 Å². The van der Waals surface area contributed by atoms with Crippen LogP contribution in [0.2, 0.25) is 0 Å². The summed E-state index contributed by atoms with van der Waals surface area (Å²) in [6, 6.07) is 18.2. The van der Waals surface area contributed by atoms with E-state index in [9.17, 15) is 13.2 Å². The van der Waals surface area contributed by atoms with Crippen molar-refractivity contribution < 1.29 is 17.9 Å². The summed E-state index contributed by atoms with van der Waals surface area (Å²) in [5.41, 5.74) is 2.42. The van der Waals surface area contributed by atoms with Crippen LogP contribution in [0, 0.1) is 0 Å². The largest absolute Gasteiger partial charge is 0.379 e. The molecule has 0 spiro atoms. The minimum absolute atomic E-state index is 0.159. The number of thiophene rings is 1. The Labute approximate surface area is 205 Å². The van der Waals surface area contributed by atoms with E-state index in [0.717, 1.165) is 47.7 Å². The Hall–Kier alpha value is -2.56. The first-order valence-corrected chi connectivity index (χ1v) is 13.4. The van der Waals surface area contributed by atoms with E-state index >= 15 is 0 Å². The second kappa shape index (κ2) is 10.8. The second-order valence-electron chi connectivity index (χ2n) is 8.34. The van der Waals surface area contributed by atoms with Gasteiger partial charge in [0.15, 0.2) is 0 Å². The predicted molar refractivity (Wildman–Crippen MR) is 135 cm³/mol. The number of morpholine rings is 1. The van der Waals surface area contributed by atoms with Crippen LogP contribution in [-0.2, 0) is 27.8 Å². The first-order valence-electron chi connectivity index (χ1n) is 11.1. The summed E-state index contributed by atoms with van der Waals surface area (Å²) in [5, 5.41) is 1.99. The molecule has 0 radical (unpaired) electrons. The maximum atomic E-state index is 13.5.